The Bertz CT molecular complexity index is 526. The van der Waals surface area contributed by atoms with Crippen LogP contribution in [0.5, 0.6) is 5.75 Å². The Balaban J connectivity index is 1.84. The minimum atomic E-state index is 0.762. The van der Waals surface area contributed by atoms with Gasteiger partial charge in [-0.15, -0.1) is 0 Å². The zero-order chi connectivity index (χ0) is 10.8. The molecule has 0 atom stereocenters. The Morgan fingerprint density at radius 1 is 0.875 bits per heavy atom. The zero-order valence-corrected chi connectivity index (χ0v) is 8.89. The highest BCUT2D eigenvalue weighted by atomic mass is 16.5. The van der Waals surface area contributed by atoms with Crippen LogP contribution in [0.25, 0.3) is 12.2 Å². The summed E-state index contributed by atoms with van der Waals surface area (Å²) in [5, 5.41) is 0. The predicted molar refractivity (Wildman–Crippen MR) is 66.1 cm³/mol. The maximum Gasteiger partial charge on any atom is 0.127 e. The molecular formula is C15H12O. The van der Waals surface area contributed by atoms with Gasteiger partial charge < -0.3 is 4.74 Å². The van der Waals surface area contributed by atoms with E-state index in [0.717, 1.165) is 12.4 Å². The van der Waals surface area contributed by atoms with Crippen LogP contribution >= 0.6 is 0 Å². The minimum absolute atomic E-state index is 0.762. The average Bonchev–Trinajstić information content (AvgIpc) is 2.31. The van der Waals surface area contributed by atoms with Crippen molar-refractivity contribution in [2.24, 2.45) is 0 Å². The molecule has 1 aliphatic heterocycles. The average molecular weight is 208 g/mol. The molecule has 0 spiro atoms. The summed E-state index contributed by atoms with van der Waals surface area (Å²) in [7, 11) is 0. The summed E-state index contributed by atoms with van der Waals surface area (Å²) in [6, 6.07) is 16.6. The second kappa shape index (κ2) is 3.86. The fraction of sp³-hybridized carbons (Fsp3) is 0.0667. The number of benzene rings is 2. The molecule has 0 bridgehead atoms. The molecule has 0 amide bonds. The molecule has 2 aromatic rings. The number of ether oxygens (including phenoxy) is 1. The van der Waals surface area contributed by atoms with E-state index in [1.54, 1.807) is 0 Å². The Labute approximate surface area is 95.0 Å². The van der Waals surface area contributed by atoms with Crippen LogP contribution in [0.1, 0.15) is 16.7 Å². The van der Waals surface area contributed by atoms with Gasteiger partial charge in [0.05, 0.1) is 0 Å². The molecule has 78 valence electrons. The number of rotatable bonds is 2. The third kappa shape index (κ3) is 1.72. The molecule has 0 aromatic heterocycles. The molecule has 1 aliphatic rings. The van der Waals surface area contributed by atoms with Crippen molar-refractivity contribution < 1.29 is 4.74 Å². The maximum absolute atomic E-state index is 5.34. The topological polar surface area (TPSA) is 9.23 Å². The van der Waals surface area contributed by atoms with Crippen molar-refractivity contribution >= 4 is 12.2 Å². The summed E-state index contributed by atoms with van der Waals surface area (Å²) < 4.78 is 5.34. The van der Waals surface area contributed by atoms with E-state index in [-0.39, 0.29) is 0 Å². The van der Waals surface area contributed by atoms with Gasteiger partial charge in [-0.2, -0.15) is 0 Å². The first-order valence-electron chi connectivity index (χ1n) is 5.41. The second-order valence-electron chi connectivity index (χ2n) is 3.90. The quantitative estimate of drug-likeness (QED) is 0.683. The largest absolute Gasteiger partial charge is 0.488 e. The Morgan fingerprint density at radius 2 is 1.69 bits per heavy atom. The van der Waals surface area contributed by atoms with Crippen LogP contribution in [-0.2, 0) is 6.61 Å². The van der Waals surface area contributed by atoms with Crippen molar-refractivity contribution in [1.29, 1.82) is 0 Å². The number of hydrogen-bond acceptors (Lipinski definition) is 1. The highest BCUT2D eigenvalue weighted by molar-refractivity contribution is 5.70. The lowest BCUT2D eigenvalue weighted by atomic mass is 10.1. The lowest BCUT2D eigenvalue weighted by Crippen LogP contribution is -2.08. The molecule has 3 rings (SSSR count). The first kappa shape index (κ1) is 9.22. The van der Waals surface area contributed by atoms with Gasteiger partial charge in [0.1, 0.15) is 12.4 Å². The molecule has 0 unspecified atom stereocenters. The molecule has 0 N–H and O–H groups in total. The summed E-state index contributed by atoms with van der Waals surface area (Å²) in [4.78, 5) is 0. The van der Waals surface area contributed by atoms with E-state index in [1.165, 1.54) is 16.7 Å². The van der Waals surface area contributed by atoms with Gasteiger partial charge in [0, 0.05) is 5.56 Å². The van der Waals surface area contributed by atoms with Crippen LogP contribution < -0.4 is 4.74 Å². The molecule has 16 heavy (non-hydrogen) atoms. The highest BCUT2D eigenvalue weighted by Crippen LogP contribution is 2.30. The SMILES string of the molecule is C(=C\c1ccc2c(c1)OC2)/c1ccccc1. The molecular weight excluding hydrogens is 196 g/mol. The van der Waals surface area contributed by atoms with E-state index < -0.39 is 0 Å². The smallest absolute Gasteiger partial charge is 0.127 e. The first-order chi connectivity index (χ1) is 7.92. The third-order valence-electron chi connectivity index (χ3n) is 2.74. The maximum atomic E-state index is 5.34. The summed E-state index contributed by atoms with van der Waals surface area (Å²) in [5.74, 6) is 1.02. The van der Waals surface area contributed by atoms with E-state index in [9.17, 15) is 0 Å². The van der Waals surface area contributed by atoms with Crippen LogP contribution in [0.2, 0.25) is 0 Å². The van der Waals surface area contributed by atoms with Gasteiger partial charge in [-0.3, -0.25) is 0 Å². The summed E-state index contributed by atoms with van der Waals surface area (Å²) in [6.07, 6.45) is 4.22. The third-order valence-corrected chi connectivity index (χ3v) is 2.74. The van der Waals surface area contributed by atoms with Crippen LogP contribution in [0.15, 0.2) is 48.5 Å². The van der Waals surface area contributed by atoms with Gasteiger partial charge in [0.25, 0.3) is 0 Å². The van der Waals surface area contributed by atoms with Crippen molar-refractivity contribution in [2.75, 3.05) is 0 Å². The lowest BCUT2D eigenvalue weighted by molar-refractivity contribution is 0.243. The van der Waals surface area contributed by atoms with Crippen LogP contribution in [-0.4, -0.2) is 0 Å². The van der Waals surface area contributed by atoms with E-state index in [2.05, 4.69) is 42.5 Å². The van der Waals surface area contributed by atoms with Crippen molar-refractivity contribution in [3.63, 3.8) is 0 Å². The Hall–Kier alpha value is -2.02. The summed E-state index contributed by atoms with van der Waals surface area (Å²) in [5.41, 5.74) is 3.70. The minimum Gasteiger partial charge on any atom is -0.488 e. The number of hydrogen-bond donors (Lipinski definition) is 0. The van der Waals surface area contributed by atoms with E-state index in [1.807, 2.05) is 18.2 Å². The van der Waals surface area contributed by atoms with Crippen molar-refractivity contribution in [1.82, 2.24) is 0 Å². The Kier molecular flexibility index (Phi) is 2.22. The fourth-order valence-electron chi connectivity index (χ4n) is 1.76. The van der Waals surface area contributed by atoms with Crippen LogP contribution in [0.3, 0.4) is 0 Å². The van der Waals surface area contributed by atoms with Crippen LogP contribution in [0, 0.1) is 0 Å². The van der Waals surface area contributed by atoms with Gasteiger partial charge >= 0.3 is 0 Å². The van der Waals surface area contributed by atoms with Crippen molar-refractivity contribution in [2.45, 2.75) is 6.61 Å². The molecule has 2 aromatic carbocycles. The molecule has 0 saturated carbocycles. The molecule has 1 heteroatoms. The first-order valence-corrected chi connectivity index (χ1v) is 5.41. The van der Waals surface area contributed by atoms with Gasteiger partial charge in [0.15, 0.2) is 0 Å². The second-order valence-corrected chi connectivity index (χ2v) is 3.90. The van der Waals surface area contributed by atoms with Gasteiger partial charge in [-0.1, -0.05) is 54.6 Å². The molecule has 0 saturated heterocycles. The van der Waals surface area contributed by atoms with E-state index in [4.69, 9.17) is 4.74 Å². The Morgan fingerprint density at radius 3 is 2.38 bits per heavy atom. The lowest BCUT2D eigenvalue weighted by Gasteiger charge is -2.20. The molecule has 1 nitrogen and oxygen atoms in total. The molecule has 0 aliphatic carbocycles. The highest BCUT2D eigenvalue weighted by Gasteiger charge is 2.13. The summed E-state index contributed by atoms with van der Waals surface area (Å²) in [6.45, 7) is 0.762. The molecule has 1 heterocycles. The number of fused-ring (bicyclic) bond motifs is 1. The van der Waals surface area contributed by atoms with Gasteiger partial charge in [-0.05, 0) is 17.2 Å². The summed E-state index contributed by atoms with van der Waals surface area (Å²) >= 11 is 0. The van der Waals surface area contributed by atoms with Crippen molar-refractivity contribution in [3.8, 4) is 5.75 Å². The van der Waals surface area contributed by atoms with E-state index >= 15 is 0 Å². The van der Waals surface area contributed by atoms with Crippen LogP contribution in [0.4, 0.5) is 0 Å². The molecule has 0 fully saturated rings. The monoisotopic (exact) mass is 208 g/mol. The van der Waals surface area contributed by atoms with Gasteiger partial charge in [-0.25, -0.2) is 0 Å². The zero-order valence-electron chi connectivity index (χ0n) is 8.89. The van der Waals surface area contributed by atoms with E-state index in [0.29, 0.717) is 0 Å². The standard InChI is InChI=1S/C15H12O/c1-2-4-12(5-3-1)6-7-13-8-9-14-11-16-15(14)10-13/h1-10H,11H2/b7-6+. The fourth-order valence-corrected chi connectivity index (χ4v) is 1.76. The predicted octanol–water partition coefficient (Wildman–Crippen LogP) is 3.75. The molecule has 0 radical (unpaired) electrons. The van der Waals surface area contributed by atoms with Gasteiger partial charge in [0.2, 0.25) is 0 Å². The normalized spacial score (nSPS) is 13.0. The van der Waals surface area contributed by atoms with Crippen molar-refractivity contribution in [3.05, 3.63) is 65.2 Å².